The zero-order chi connectivity index (χ0) is 24.1. The smallest absolute Gasteiger partial charge is 0.373 e. The Morgan fingerprint density at radius 1 is 1.12 bits per heavy atom. The van der Waals surface area contributed by atoms with Crippen LogP contribution in [0.4, 0.5) is 5.69 Å². The fourth-order valence-corrected chi connectivity index (χ4v) is 4.00. The second-order valence-corrected chi connectivity index (χ2v) is 8.31. The number of nitrogens with zero attached hydrogens (tertiary/aromatic N) is 1. The number of methoxy groups -OCH3 is 2. The third-order valence-corrected chi connectivity index (χ3v) is 5.70. The fraction of sp³-hybridized carbons (Fsp3) is 0.160. The van der Waals surface area contributed by atoms with Crippen LogP contribution in [0.1, 0.15) is 27.4 Å². The Morgan fingerprint density at radius 3 is 2.74 bits per heavy atom. The van der Waals surface area contributed by atoms with Crippen LogP contribution in [0.15, 0.2) is 68.9 Å². The number of aliphatic imine (C=N–C) groups is 1. The van der Waals surface area contributed by atoms with E-state index in [2.05, 4.69) is 15.0 Å². The number of amides is 1. The molecule has 1 amide bonds. The van der Waals surface area contributed by atoms with Gasteiger partial charge in [0, 0.05) is 0 Å². The molecule has 2 aromatic carbocycles. The van der Waals surface area contributed by atoms with Crippen molar-refractivity contribution in [2.45, 2.75) is 13.5 Å². The van der Waals surface area contributed by atoms with Crippen LogP contribution in [0, 0.1) is 6.92 Å². The van der Waals surface area contributed by atoms with E-state index in [0.29, 0.717) is 27.3 Å². The van der Waals surface area contributed by atoms with E-state index in [4.69, 9.17) is 13.9 Å². The number of nitrogens with one attached hydrogen (secondary N) is 1. The first-order valence-electron chi connectivity index (χ1n) is 10.3. The minimum absolute atomic E-state index is 0.102. The Balaban J connectivity index is 1.46. The van der Waals surface area contributed by atoms with E-state index in [-0.39, 0.29) is 18.3 Å². The van der Waals surface area contributed by atoms with E-state index in [9.17, 15) is 9.59 Å². The Kier molecular flexibility index (Phi) is 7.03. The van der Waals surface area contributed by atoms with E-state index in [1.807, 2.05) is 37.3 Å². The molecule has 1 saturated heterocycles. The number of carbonyl (C=O) groups is 2. The van der Waals surface area contributed by atoms with Gasteiger partial charge in [-0.3, -0.25) is 4.79 Å². The molecule has 0 saturated carbocycles. The van der Waals surface area contributed by atoms with Gasteiger partial charge < -0.3 is 23.9 Å². The number of benzene rings is 2. The summed E-state index contributed by atoms with van der Waals surface area (Å²) in [5.41, 5.74) is 2.64. The van der Waals surface area contributed by atoms with Gasteiger partial charge in [-0.15, -0.1) is 0 Å². The number of carbonyl (C=O) groups excluding carboxylic acids is 2. The lowest BCUT2D eigenvalue weighted by Crippen LogP contribution is -2.19. The number of hydrogen-bond donors (Lipinski definition) is 1. The SMILES string of the molecule is COC(=O)c1ccc(COc2ccc(/C=C3/SC(=Nc4cccc(C)c4)NC3=O)cc2OC)o1. The highest BCUT2D eigenvalue weighted by atomic mass is 32.2. The van der Waals surface area contributed by atoms with E-state index < -0.39 is 5.97 Å². The molecule has 34 heavy (non-hydrogen) atoms. The molecular weight excluding hydrogens is 456 g/mol. The second-order valence-electron chi connectivity index (χ2n) is 7.28. The van der Waals surface area contributed by atoms with Gasteiger partial charge in [0.1, 0.15) is 12.4 Å². The summed E-state index contributed by atoms with van der Waals surface area (Å²) < 4.78 is 21.3. The maximum atomic E-state index is 12.4. The van der Waals surface area contributed by atoms with Crippen LogP contribution in [0.5, 0.6) is 11.5 Å². The van der Waals surface area contributed by atoms with Crippen molar-refractivity contribution in [3.05, 3.63) is 82.1 Å². The Bertz CT molecular complexity index is 1290. The average molecular weight is 479 g/mol. The van der Waals surface area contributed by atoms with Crippen molar-refractivity contribution >= 4 is 40.6 Å². The maximum Gasteiger partial charge on any atom is 0.373 e. The third kappa shape index (κ3) is 5.49. The molecule has 0 radical (unpaired) electrons. The van der Waals surface area contributed by atoms with Crippen molar-refractivity contribution in [2.24, 2.45) is 4.99 Å². The summed E-state index contributed by atoms with van der Waals surface area (Å²) in [6.07, 6.45) is 1.76. The number of hydrogen-bond acceptors (Lipinski definition) is 8. The molecular formula is C25H22N2O6S. The topological polar surface area (TPSA) is 99.4 Å². The van der Waals surface area contributed by atoms with Gasteiger partial charge in [-0.25, -0.2) is 9.79 Å². The lowest BCUT2D eigenvalue weighted by molar-refractivity contribution is -0.115. The number of esters is 1. The first kappa shape index (κ1) is 23.2. The fourth-order valence-electron chi connectivity index (χ4n) is 3.15. The minimum atomic E-state index is -0.554. The summed E-state index contributed by atoms with van der Waals surface area (Å²) in [4.78, 5) is 29.0. The van der Waals surface area contributed by atoms with E-state index in [1.54, 1.807) is 24.3 Å². The molecule has 8 nitrogen and oxygen atoms in total. The molecule has 9 heteroatoms. The van der Waals surface area contributed by atoms with Gasteiger partial charge in [0.2, 0.25) is 5.76 Å². The summed E-state index contributed by atoms with van der Waals surface area (Å²) >= 11 is 1.27. The van der Waals surface area contributed by atoms with Crippen LogP contribution >= 0.6 is 11.8 Å². The van der Waals surface area contributed by atoms with E-state index >= 15 is 0 Å². The van der Waals surface area contributed by atoms with Crippen LogP contribution < -0.4 is 14.8 Å². The first-order valence-corrected chi connectivity index (χ1v) is 11.1. The van der Waals surface area contributed by atoms with Crippen LogP contribution in [0.25, 0.3) is 6.08 Å². The Morgan fingerprint density at radius 2 is 1.97 bits per heavy atom. The summed E-state index contributed by atoms with van der Waals surface area (Å²) in [7, 11) is 2.82. The molecule has 3 aromatic rings. The molecule has 1 N–H and O–H groups in total. The number of furan rings is 1. The average Bonchev–Trinajstić information content (AvgIpc) is 3.44. The van der Waals surface area contributed by atoms with Crippen molar-refractivity contribution in [3.63, 3.8) is 0 Å². The zero-order valence-electron chi connectivity index (χ0n) is 18.8. The summed E-state index contributed by atoms with van der Waals surface area (Å²) in [6, 6.07) is 16.2. The minimum Gasteiger partial charge on any atom is -0.493 e. The number of ether oxygens (including phenoxy) is 3. The standard InChI is InChI=1S/C25H22N2O6S/c1-15-5-4-6-17(11-15)26-25-27-23(28)22(34-25)13-16-7-9-19(21(12-16)30-2)32-14-18-8-10-20(33-18)24(29)31-3/h4-13H,14H2,1-3H3,(H,26,27,28)/b22-13+. The van der Waals surface area contributed by atoms with E-state index in [0.717, 1.165) is 16.8 Å². The zero-order valence-corrected chi connectivity index (χ0v) is 19.6. The molecule has 1 fully saturated rings. The molecule has 0 atom stereocenters. The van der Waals surface area contributed by atoms with Gasteiger partial charge in [0.15, 0.2) is 16.7 Å². The first-order chi connectivity index (χ1) is 16.4. The Labute approximate surface area is 200 Å². The van der Waals surface area contributed by atoms with Gasteiger partial charge in [-0.1, -0.05) is 18.2 Å². The van der Waals surface area contributed by atoms with Gasteiger partial charge in [0.05, 0.1) is 24.8 Å². The highest BCUT2D eigenvalue weighted by molar-refractivity contribution is 8.18. The molecule has 4 rings (SSSR count). The molecule has 0 bridgehead atoms. The van der Waals surface area contributed by atoms with Gasteiger partial charge in [-0.05, 0) is 72.3 Å². The lowest BCUT2D eigenvalue weighted by atomic mass is 10.2. The molecule has 1 aliphatic heterocycles. The highest BCUT2D eigenvalue weighted by Crippen LogP contribution is 2.33. The predicted octanol–water partition coefficient (Wildman–Crippen LogP) is 4.85. The molecule has 1 aromatic heterocycles. The number of rotatable bonds is 7. The van der Waals surface area contributed by atoms with Crippen molar-refractivity contribution in [3.8, 4) is 11.5 Å². The highest BCUT2D eigenvalue weighted by Gasteiger charge is 2.24. The van der Waals surface area contributed by atoms with E-state index in [1.165, 1.54) is 32.0 Å². The van der Waals surface area contributed by atoms with Crippen molar-refractivity contribution in [1.29, 1.82) is 0 Å². The number of amidine groups is 1. The van der Waals surface area contributed by atoms with Crippen molar-refractivity contribution in [2.75, 3.05) is 14.2 Å². The number of thioether (sulfide) groups is 1. The van der Waals surface area contributed by atoms with Gasteiger partial charge in [0.25, 0.3) is 5.91 Å². The summed E-state index contributed by atoms with van der Waals surface area (Å²) in [6.45, 7) is 2.09. The van der Waals surface area contributed by atoms with Crippen molar-refractivity contribution < 1.29 is 28.2 Å². The predicted molar refractivity (Wildman–Crippen MR) is 129 cm³/mol. The second kappa shape index (κ2) is 10.3. The third-order valence-electron chi connectivity index (χ3n) is 4.79. The molecule has 2 heterocycles. The van der Waals surface area contributed by atoms with Crippen molar-refractivity contribution in [1.82, 2.24) is 5.32 Å². The summed E-state index contributed by atoms with van der Waals surface area (Å²) in [5, 5.41) is 3.32. The lowest BCUT2D eigenvalue weighted by Gasteiger charge is -2.10. The molecule has 0 unspecified atom stereocenters. The normalized spacial score (nSPS) is 15.4. The maximum absolute atomic E-state index is 12.4. The van der Waals surface area contributed by atoms with Crippen LogP contribution in [0.3, 0.4) is 0 Å². The largest absolute Gasteiger partial charge is 0.493 e. The summed E-state index contributed by atoms with van der Waals surface area (Å²) in [5.74, 6) is 0.787. The van der Waals surface area contributed by atoms with Crippen LogP contribution in [-0.2, 0) is 16.1 Å². The molecule has 1 aliphatic rings. The van der Waals surface area contributed by atoms with Gasteiger partial charge in [-0.2, -0.15) is 0 Å². The Hall–Kier alpha value is -3.98. The van der Waals surface area contributed by atoms with Gasteiger partial charge >= 0.3 is 5.97 Å². The molecule has 174 valence electrons. The van der Waals surface area contributed by atoms with Crippen LogP contribution in [0.2, 0.25) is 0 Å². The van der Waals surface area contributed by atoms with Crippen LogP contribution in [-0.4, -0.2) is 31.3 Å². The quantitative estimate of drug-likeness (QED) is 0.383. The number of aryl methyl sites for hydroxylation is 1. The molecule has 0 spiro atoms. The monoisotopic (exact) mass is 478 g/mol. The molecule has 0 aliphatic carbocycles.